The van der Waals surface area contributed by atoms with E-state index < -0.39 is 0 Å². The first-order chi connectivity index (χ1) is 8.05. The summed E-state index contributed by atoms with van der Waals surface area (Å²) in [6.45, 7) is 5.72. The summed E-state index contributed by atoms with van der Waals surface area (Å²) in [5.74, 6) is 0.167. The molecule has 1 aliphatic heterocycles. The molecule has 0 aromatic heterocycles. The Morgan fingerprint density at radius 3 is 2.71 bits per heavy atom. The lowest BCUT2D eigenvalue weighted by Crippen LogP contribution is -2.46. The van der Waals surface area contributed by atoms with Crippen LogP contribution in [0, 0.1) is 0 Å². The quantitative estimate of drug-likeness (QED) is 0.759. The summed E-state index contributed by atoms with van der Waals surface area (Å²) < 4.78 is 5.63. The highest BCUT2D eigenvalue weighted by Gasteiger charge is 2.29. The van der Waals surface area contributed by atoms with Gasteiger partial charge in [-0.05, 0) is 39.5 Å². The number of rotatable bonds is 5. The van der Waals surface area contributed by atoms with Crippen LogP contribution in [0.5, 0.6) is 0 Å². The third kappa shape index (κ3) is 4.64. The summed E-state index contributed by atoms with van der Waals surface area (Å²) >= 11 is 0. The van der Waals surface area contributed by atoms with Gasteiger partial charge in [0.15, 0.2) is 0 Å². The minimum absolute atomic E-state index is 0.0948. The van der Waals surface area contributed by atoms with E-state index >= 15 is 0 Å². The molecule has 0 radical (unpaired) electrons. The van der Waals surface area contributed by atoms with E-state index in [1.165, 1.54) is 12.8 Å². The zero-order chi connectivity index (χ0) is 12.3. The predicted molar refractivity (Wildman–Crippen MR) is 66.8 cm³/mol. The smallest absolute Gasteiger partial charge is 0.221 e. The van der Waals surface area contributed by atoms with Gasteiger partial charge in [0.05, 0.1) is 5.60 Å². The van der Waals surface area contributed by atoms with Gasteiger partial charge in [0.1, 0.15) is 0 Å². The van der Waals surface area contributed by atoms with E-state index in [1.807, 2.05) is 0 Å². The van der Waals surface area contributed by atoms with E-state index in [1.54, 1.807) is 0 Å². The van der Waals surface area contributed by atoms with Crippen molar-refractivity contribution < 1.29 is 9.53 Å². The molecule has 1 saturated heterocycles. The summed E-state index contributed by atoms with van der Waals surface area (Å²) in [5, 5.41) is 6.47. The van der Waals surface area contributed by atoms with Gasteiger partial charge in [-0.3, -0.25) is 4.79 Å². The maximum Gasteiger partial charge on any atom is 0.221 e. The largest absolute Gasteiger partial charge is 0.375 e. The lowest BCUT2D eigenvalue weighted by molar-refractivity contribution is -0.124. The normalized spacial score (nSPS) is 27.8. The lowest BCUT2D eigenvalue weighted by atomic mass is 9.94. The maximum absolute atomic E-state index is 11.7. The molecule has 0 aromatic carbocycles. The van der Waals surface area contributed by atoms with Crippen molar-refractivity contribution in [3.8, 4) is 0 Å². The zero-order valence-electron chi connectivity index (χ0n) is 10.9. The second kappa shape index (κ2) is 5.36. The number of hydrogen-bond donors (Lipinski definition) is 2. The molecule has 2 rings (SSSR count). The Kier molecular flexibility index (Phi) is 4.05. The highest BCUT2D eigenvalue weighted by Crippen LogP contribution is 2.23. The van der Waals surface area contributed by atoms with Crippen molar-refractivity contribution in [2.24, 2.45) is 0 Å². The van der Waals surface area contributed by atoms with Gasteiger partial charge < -0.3 is 15.4 Å². The summed E-state index contributed by atoms with van der Waals surface area (Å²) in [6, 6.07) is 0.969. The molecule has 1 saturated carbocycles. The molecule has 17 heavy (non-hydrogen) atoms. The van der Waals surface area contributed by atoms with Gasteiger partial charge in [-0.15, -0.1) is 0 Å². The Morgan fingerprint density at radius 2 is 2.06 bits per heavy atom. The Morgan fingerprint density at radius 1 is 1.29 bits per heavy atom. The average Bonchev–Trinajstić information content (AvgIpc) is 2.99. The van der Waals surface area contributed by atoms with Crippen molar-refractivity contribution in [2.45, 2.75) is 63.6 Å². The van der Waals surface area contributed by atoms with Crippen LogP contribution in [0.25, 0.3) is 0 Å². The molecule has 0 spiro atoms. The summed E-state index contributed by atoms with van der Waals surface area (Å²) in [4.78, 5) is 11.7. The fourth-order valence-corrected chi connectivity index (χ4v) is 2.33. The summed E-state index contributed by atoms with van der Waals surface area (Å²) in [5.41, 5.74) is -0.0948. The third-order valence-electron chi connectivity index (χ3n) is 3.42. The van der Waals surface area contributed by atoms with Crippen molar-refractivity contribution in [3.05, 3.63) is 0 Å². The molecule has 4 nitrogen and oxygen atoms in total. The molecule has 1 unspecified atom stereocenters. The fraction of sp³-hybridized carbons (Fsp3) is 0.923. The van der Waals surface area contributed by atoms with Crippen LogP contribution in [0.15, 0.2) is 0 Å². The molecule has 1 aliphatic carbocycles. The number of hydrogen-bond acceptors (Lipinski definition) is 3. The van der Waals surface area contributed by atoms with Gasteiger partial charge in [-0.2, -0.15) is 0 Å². The summed E-state index contributed by atoms with van der Waals surface area (Å²) in [6.07, 6.45) is 4.99. The van der Waals surface area contributed by atoms with Crippen molar-refractivity contribution in [1.29, 1.82) is 0 Å². The lowest BCUT2D eigenvalue weighted by Gasteiger charge is -2.35. The predicted octanol–water partition coefficient (Wildman–Crippen LogP) is 1.20. The van der Waals surface area contributed by atoms with Crippen LogP contribution in [0.4, 0.5) is 0 Å². The number of carbonyl (C=O) groups is 1. The molecule has 1 amide bonds. The maximum atomic E-state index is 11.7. The third-order valence-corrected chi connectivity index (χ3v) is 3.42. The van der Waals surface area contributed by atoms with E-state index in [0.717, 1.165) is 26.0 Å². The van der Waals surface area contributed by atoms with E-state index in [9.17, 15) is 4.79 Å². The number of amides is 1. The molecule has 1 atom stereocenters. The molecule has 2 fully saturated rings. The Hall–Kier alpha value is -0.610. The van der Waals surface area contributed by atoms with Crippen LogP contribution >= 0.6 is 0 Å². The van der Waals surface area contributed by atoms with Gasteiger partial charge in [0, 0.05) is 31.7 Å². The van der Waals surface area contributed by atoms with Crippen LogP contribution in [0.3, 0.4) is 0 Å². The SMILES string of the molecule is CC1(C)CC(NC(=O)CCNC2CC2)CCO1. The Balaban J connectivity index is 1.63. The van der Waals surface area contributed by atoms with Crippen LogP contribution < -0.4 is 10.6 Å². The second-order valence-corrected chi connectivity index (χ2v) is 5.84. The van der Waals surface area contributed by atoms with Crippen LogP contribution in [-0.4, -0.2) is 36.7 Å². The standard InChI is InChI=1S/C13H24N2O2/c1-13(2)9-11(6-8-17-13)15-12(16)5-7-14-10-3-4-10/h10-11,14H,3-9H2,1-2H3,(H,15,16). The second-order valence-electron chi connectivity index (χ2n) is 5.84. The molecular weight excluding hydrogens is 216 g/mol. The Bertz CT molecular complexity index is 275. The molecule has 0 aromatic rings. The van der Waals surface area contributed by atoms with Gasteiger partial charge in [0.25, 0.3) is 0 Å². The van der Waals surface area contributed by atoms with Crippen LogP contribution in [-0.2, 0) is 9.53 Å². The Labute approximate surface area is 103 Å². The van der Waals surface area contributed by atoms with E-state index in [0.29, 0.717) is 12.5 Å². The number of nitrogens with one attached hydrogen (secondary N) is 2. The molecule has 0 bridgehead atoms. The van der Waals surface area contributed by atoms with Crippen molar-refractivity contribution >= 4 is 5.91 Å². The van der Waals surface area contributed by atoms with Crippen LogP contribution in [0.1, 0.15) is 46.0 Å². The number of carbonyl (C=O) groups excluding carboxylic acids is 1. The minimum Gasteiger partial charge on any atom is -0.375 e. The van der Waals surface area contributed by atoms with Crippen molar-refractivity contribution in [1.82, 2.24) is 10.6 Å². The van der Waals surface area contributed by atoms with Gasteiger partial charge in [0.2, 0.25) is 5.91 Å². The topological polar surface area (TPSA) is 50.4 Å². The molecule has 98 valence electrons. The monoisotopic (exact) mass is 240 g/mol. The first kappa shape index (κ1) is 12.8. The minimum atomic E-state index is -0.0948. The summed E-state index contributed by atoms with van der Waals surface area (Å²) in [7, 11) is 0. The van der Waals surface area contributed by atoms with E-state index in [2.05, 4.69) is 24.5 Å². The first-order valence-corrected chi connectivity index (χ1v) is 6.72. The first-order valence-electron chi connectivity index (χ1n) is 6.72. The van der Waals surface area contributed by atoms with Gasteiger partial charge in [-0.1, -0.05) is 0 Å². The van der Waals surface area contributed by atoms with E-state index in [4.69, 9.17) is 4.74 Å². The highest BCUT2D eigenvalue weighted by atomic mass is 16.5. The zero-order valence-corrected chi connectivity index (χ0v) is 10.9. The molecular formula is C13H24N2O2. The molecule has 4 heteroatoms. The molecule has 2 aliphatic rings. The number of ether oxygens (including phenoxy) is 1. The molecule has 1 heterocycles. The van der Waals surface area contributed by atoms with E-state index in [-0.39, 0.29) is 17.6 Å². The van der Waals surface area contributed by atoms with Crippen molar-refractivity contribution in [3.63, 3.8) is 0 Å². The molecule has 2 N–H and O–H groups in total. The average molecular weight is 240 g/mol. The fourth-order valence-electron chi connectivity index (χ4n) is 2.33. The van der Waals surface area contributed by atoms with Crippen LogP contribution in [0.2, 0.25) is 0 Å². The van der Waals surface area contributed by atoms with Crippen molar-refractivity contribution in [2.75, 3.05) is 13.2 Å². The van der Waals surface area contributed by atoms with Gasteiger partial charge >= 0.3 is 0 Å². The van der Waals surface area contributed by atoms with Gasteiger partial charge in [-0.25, -0.2) is 0 Å². The highest BCUT2D eigenvalue weighted by molar-refractivity contribution is 5.76.